The van der Waals surface area contributed by atoms with Crippen molar-refractivity contribution < 1.29 is 18.6 Å². The third-order valence-electron chi connectivity index (χ3n) is 5.31. The number of hydrogen-bond donors (Lipinski definition) is 1. The number of aliphatic imine (C=N–C) groups is 2. The lowest BCUT2D eigenvalue weighted by molar-refractivity contribution is -0.0733. The van der Waals surface area contributed by atoms with Gasteiger partial charge in [0.05, 0.1) is 12.4 Å². The van der Waals surface area contributed by atoms with Crippen LogP contribution in [0.25, 0.3) is 5.57 Å². The molecule has 0 aromatic heterocycles. The Morgan fingerprint density at radius 2 is 2.33 bits per heavy atom. The van der Waals surface area contributed by atoms with E-state index in [1.807, 2.05) is 18.2 Å². The minimum Gasteiger partial charge on any atom is -0.487 e. The van der Waals surface area contributed by atoms with Crippen LogP contribution in [0, 0.1) is 5.92 Å². The molecule has 3 atom stereocenters. The average molecular weight is 371 g/mol. The number of halogens is 1. The molecule has 2 N–H and O–H groups in total. The molecule has 7 heteroatoms. The smallest absolute Gasteiger partial charge is 0.283 e. The first kappa shape index (κ1) is 17.7. The van der Waals surface area contributed by atoms with Crippen LogP contribution < -0.4 is 10.5 Å². The highest BCUT2D eigenvalue weighted by Crippen LogP contribution is 2.51. The number of allylic oxidation sites excluding steroid dienone is 3. The van der Waals surface area contributed by atoms with Gasteiger partial charge in [-0.2, -0.15) is 0 Å². The fourth-order valence-corrected chi connectivity index (χ4v) is 4.17. The topological polar surface area (TPSA) is 78.4 Å². The SMILES string of the molecule is C=NC=C(C=C(C)F)c1ccc2c(c1)C1(COC(N)=N1)C1CCOCC1O2. The predicted octanol–water partition coefficient (Wildman–Crippen LogP) is 2.94. The number of benzene rings is 1. The van der Waals surface area contributed by atoms with Crippen molar-refractivity contribution in [2.24, 2.45) is 21.6 Å². The summed E-state index contributed by atoms with van der Waals surface area (Å²) in [4.78, 5) is 8.51. The van der Waals surface area contributed by atoms with E-state index >= 15 is 0 Å². The zero-order valence-corrected chi connectivity index (χ0v) is 15.2. The van der Waals surface area contributed by atoms with E-state index in [1.165, 1.54) is 19.2 Å². The van der Waals surface area contributed by atoms with Gasteiger partial charge in [0.25, 0.3) is 6.02 Å². The first-order chi connectivity index (χ1) is 13.0. The van der Waals surface area contributed by atoms with E-state index in [0.717, 1.165) is 23.3 Å². The van der Waals surface area contributed by atoms with Crippen LogP contribution in [0.5, 0.6) is 5.75 Å². The number of nitrogens with two attached hydrogens (primary N) is 1. The van der Waals surface area contributed by atoms with Gasteiger partial charge in [-0.05, 0) is 43.8 Å². The Balaban J connectivity index is 1.86. The molecule has 0 amide bonds. The first-order valence-electron chi connectivity index (χ1n) is 8.91. The Kier molecular flexibility index (Phi) is 4.47. The summed E-state index contributed by atoms with van der Waals surface area (Å²) in [6, 6.07) is 5.89. The summed E-state index contributed by atoms with van der Waals surface area (Å²) in [5.41, 5.74) is 7.58. The lowest BCUT2D eigenvalue weighted by Crippen LogP contribution is -2.52. The minimum atomic E-state index is -0.622. The van der Waals surface area contributed by atoms with Crippen LogP contribution in [0.2, 0.25) is 0 Å². The Bertz CT molecular complexity index is 860. The van der Waals surface area contributed by atoms with Gasteiger partial charge in [-0.25, -0.2) is 9.38 Å². The molecular formula is C20H22FN3O3. The van der Waals surface area contributed by atoms with Gasteiger partial charge in [0.2, 0.25) is 0 Å². The monoisotopic (exact) mass is 371 g/mol. The van der Waals surface area contributed by atoms with E-state index in [4.69, 9.17) is 24.9 Å². The van der Waals surface area contributed by atoms with E-state index in [1.54, 1.807) is 0 Å². The molecule has 0 radical (unpaired) electrons. The largest absolute Gasteiger partial charge is 0.487 e. The summed E-state index contributed by atoms with van der Waals surface area (Å²) < 4.78 is 30.9. The minimum absolute atomic E-state index is 0.0958. The third kappa shape index (κ3) is 3.02. The Hall–Kier alpha value is -2.67. The van der Waals surface area contributed by atoms with Crippen LogP contribution in [0.15, 0.2) is 46.3 Å². The summed E-state index contributed by atoms with van der Waals surface area (Å²) in [7, 11) is 0. The van der Waals surface area contributed by atoms with Gasteiger partial charge in [0.15, 0.2) is 0 Å². The van der Waals surface area contributed by atoms with Crippen molar-refractivity contribution >= 4 is 18.3 Å². The Labute approximate surface area is 157 Å². The van der Waals surface area contributed by atoms with Crippen LogP contribution in [0.4, 0.5) is 4.39 Å². The molecule has 0 saturated carbocycles. The molecule has 1 saturated heterocycles. The van der Waals surface area contributed by atoms with Crippen LogP contribution in [0.3, 0.4) is 0 Å². The molecule has 142 valence electrons. The second-order valence-electron chi connectivity index (χ2n) is 7.00. The summed E-state index contributed by atoms with van der Waals surface area (Å²) in [5, 5.41) is 0. The summed E-state index contributed by atoms with van der Waals surface area (Å²) in [6.07, 6.45) is 3.65. The lowest BCUT2D eigenvalue weighted by atomic mass is 9.71. The van der Waals surface area contributed by atoms with E-state index in [9.17, 15) is 4.39 Å². The third-order valence-corrected chi connectivity index (χ3v) is 5.31. The van der Waals surface area contributed by atoms with Crippen molar-refractivity contribution in [3.05, 3.63) is 47.4 Å². The lowest BCUT2D eigenvalue weighted by Gasteiger charge is -2.46. The van der Waals surface area contributed by atoms with Crippen LogP contribution >= 0.6 is 0 Å². The van der Waals surface area contributed by atoms with Crippen LogP contribution in [-0.2, 0) is 15.0 Å². The molecule has 4 rings (SSSR count). The van der Waals surface area contributed by atoms with Crippen molar-refractivity contribution in [1.29, 1.82) is 0 Å². The molecule has 3 aliphatic heterocycles. The predicted molar refractivity (Wildman–Crippen MR) is 101 cm³/mol. The first-order valence-corrected chi connectivity index (χ1v) is 8.91. The van der Waals surface area contributed by atoms with E-state index in [2.05, 4.69) is 11.7 Å². The maximum Gasteiger partial charge on any atom is 0.283 e. The molecule has 1 fully saturated rings. The second-order valence-corrected chi connectivity index (χ2v) is 7.00. The van der Waals surface area contributed by atoms with Crippen molar-refractivity contribution in [2.75, 3.05) is 19.8 Å². The number of amidine groups is 1. The quantitative estimate of drug-likeness (QED) is 0.655. The van der Waals surface area contributed by atoms with Gasteiger partial charge < -0.3 is 19.9 Å². The molecule has 6 nitrogen and oxygen atoms in total. The molecule has 0 bridgehead atoms. The number of hydrogen-bond acceptors (Lipinski definition) is 6. The number of nitrogens with zero attached hydrogens (tertiary/aromatic N) is 2. The standard InChI is InChI=1S/C20H22FN3O3/c1-12(21)7-14(9-23-2)13-3-4-17-16(8-13)20(11-26-19(22)24-20)15-5-6-25-10-18(15)27-17/h3-4,7-9,15,18H,2,5-6,10-11H2,1H3,(H2,22,24). The highest BCUT2D eigenvalue weighted by Gasteiger charge is 2.54. The number of ether oxygens (including phenoxy) is 3. The molecule has 1 aromatic rings. The zero-order valence-electron chi connectivity index (χ0n) is 15.2. The fourth-order valence-electron chi connectivity index (χ4n) is 4.17. The summed E-state index contributed by atoms with van der Waals surface area (Å²) >= 11 is 0. The average Bonchev–Trinajstić information content (AvgIpc) is 3.04. The van der Waals surface area contributed by atoms with E-state index < -0.39 is 5.54 Å². The van der Waals surface area contributed by atoms with Crippen LogP contribution in [0.1, 0.15) is 24.5 Å². The van der Waals surface area contributed by atoms with Gasteiger partial charge in [-0.3, -0.25) is 4.99 Å². The Morgan fingerprint density at radius 3 is 3.04 bits per heavy atom. The molecule has 1 spiro atoms. The van der Waals surface area contributed by atoms with Crippen molar-refractivity contribution in [1.82, 2.24) is 0 Å². The molecule has 1 aromatic carbocycles. The van der Waals surface area contributed by atoms with E-state index in [0.29, 0.717) is 25.4 Å². The molecule has 0 aliphatic carbocycles. The maximum absolute atomic E-state index is 13.5. The normalized spacial score (nSPS) is 30.1. The van der Waals surface area contributed by atoms with Crippen molar-refractivity contribution in [2.45, 2.75) is 25.0 Å². The van der Waals surface area contributed by atoms with Crippen molar-refractivity contribution in [3.63, 3.8) is 0 Å². The Morgan fingerprint density at radius 1 is 1.48 bits per heavy atom. The highest BCUT2D eigenvalue weighted by atomic mass is 19.1. The van der Waals surface area contributed by atoms with Crippen LogP contribution in [-0.4, -0.2) is 38.7 Å². The summed E-state index contributed by atoms with van der Waals surface area (Å²) in [5.74, 6) is 0.502. The maximum atomic E-state index is 13.5. The zero-order chi connectivity index (χ0) is 19.0. The molecule has 27 heavy (non-hydrogen) atoms. The van der Waals surface area contributed by atoms with Gasteiger partial charge in [0, 0.05) is 29.9 Å². The molecule has 3 aliphatic rings. The second kappa shape index (κ2) is 6.81. The molecule has 3 unspecified atom stereocenters. The van der Waals surface area contributed by atoms with E-state index in [-0.39, 0.29) is 23.9 Å². The highest BCUT2D eigenvalue weighted by molar-refractivity contribution is 5.77. The number of fused-ring (bicyclic) bond motifs is 4. The van der Waals surface area contributed by atoms with Gasteiger partial charge in [-0.1, -0.05) is 6.07 Å². The van der Waals surface area contributed by atoms with Gasteiger partial charge in [-0.15, -0.1) is 0 Å². The summed E-state index contributed by atoms with van der Waals surface area (Å²) in [6.45, 7) is 6.39. The molecular weight excluding hydrogens is 349 g/mol. The molecule has 3 heterocycles. The number of rotatable bonds is 3. The van der Waals surface area contributed by atoms with Crippen molar-refractivity contribution in [3.8, 4) is 5.75 Å². The fraction of sp³-hybridized carbons (Fsp3) is 0.400. The van der Waals surface area contributed by atoms with Gasteiger partial charge in [0.1, 0.15) is 24.0 Å². The van der Waals surface area contributed by atoms with Gasteiger partial charge >= 0.3 is 0 Å².